The fraction of sp³-hybridized carbons (Fsp3) is 0.400. The van der Waals surface area contributed by atoms with Gasteiger partial charge in [0.05, 0.1) is 12.1 Å². The SMILES string of the molecule is CCCNC(=O)CN1C(=O)C(CC(=O)O)Oc2ccc(Cl)cc21. The first kappa shape index (κ1) is 17.1. The molecule has 1 heterocycles. The van der Waals surface area contributed by atoms with Crippen LogP contribution in [0.2, 0.25) is 5.02 Å². The van der Waals surface area contributed by atoms with Gasteiger partial charge in [-0.3, -0.25) is 19.3 Å². The average molecular weight is 341 g/mol. The number of nitrogens with one attached hydrogen (secondary N) is 1. The van der Waals surface area contributed by atoms with Crippen molar-refractivity contribution in [1.82, 2.24) is 5.32 Å². The summed E-state index contributed by atoms with van der Waals surface area (Å²) in [6, 6.07) is 4.64. The van der Waals surface area contributed by atoms with Gasteiger partial charge in [-0.15, -0.1) is 0 Å². The molecule has 7 nitrogen and oxygen atoms in total. The molecule has 2 N–H and O–H groups in total. The van der Waals surface area contributed by atoms with Crippen LogP contribution >= 0.6 is 11.6 Å². The molecular weight excluding hydrogens is 324 g/mol. The van der Waals surface area contributed by atoms with Crippen LogP contribution in [0, 0.1) is 0 Å². The molecule has 23 heavy (non-hydrogen) atoms. The molecule has 1 atom stereocenters. The largest absolute Gasteiger partial charge is 0.481 e. The molecule has 1 unspecified atom stereocenters. The number of carboxylic acids is 1. The maximum absolute atomic E-state index is 12.5. The Hall–Kier alpha value is -2.28. The number of carbonyl (C=O) groups is 3. The second-order valence-electron chi connectivity index (χ2n) is 5.09. The van der Waals surface area contributed by atoms with Crippen LogP contribution in [0.25, 0.3) is 0 Å². The maximum Gasteiger partial charge on any atom is 0.307 e. The summed E-state index contributed by atoms with van der Waals surface area (Å²) in [6.45, 7) is 2.20. The molecule has 124 valence electrons. The second kappa shape index (κ2) is 7.32. The first-order valence-electron chi connectivity index (χ1n) is 7.18. The van der Waals surface area contributed by atoms with Crippen molar-refractivity contribution in [3.8, 4) is 5.75 Å². The molecule has 0 aromatic heterocycles. The number of benzene rings is 1. The lowest BCUT2D eigenvalue weighted by Gasteiger charge is -2.33. The lowest BCUT2D eigenvalue weighted by atomic mass is 10.1. The van der Waals surface area contributed by atoms with Crippen molar-refractivity contribution in [2.45, 2.75) is 25.9 Å². The van der Waals surface area contributed by atoms with Crippen LogP contribution in [0.1, 0.15) is 19.8 Å². The van der Waals surface area contributed by atoms with E-state index in [0.717, 1.165) is 6.42 Å². The number of hydrogen-bond acceptors (Lipinski definition) is 4. The number of hydrogen-bond donors (Lipinski definition) is 2. The molecule has 1 aromatic rings. The number of aliphatic carboxylic acids is 1. The van der Waals surface area contributed by atoms with E-state index in [1.807, 2.05) is 6.92 Å². The van der Waals surface area contributed by atoms with Crippen LogP contribution in [0.5, 0.6) is 5.75 Å². The molecule has 0 bridgehead atoms. The zero-order valence-corrected chi connectivity index (χ0v) is 13.3. The number of amides is 2. The van der Waals surface area contributed by atoms with E-state index in [2.05, 4.69) is 5.32 Å². The molecule has 0 saturated carbocycles. The van der Waals surface area contributed by atoms with Gasteiger partial charge in [0, 0.05) is 11.6 Å². The fourth-order valence-electron chi connectivity index (χ4n) is 2.21. The van der Waals surface area contributed by atoms with Crippen molar-refractivity contribution in [2.75, 3.05) is 18.0 Å². The van der Waals surface area contributed by atoms with Crippen LogP contribution < -0.4 is 15.0 Å². The van der Waals surface area contributed by atoms with E-state index in [4.69, 9.17) is 21.4 Å². The van der Waals surface area contributed by atoms with E-state index in [9.17, 15) is 14.4 Å². The van der Waals surface area contributed by atoms with Crippen molar-refractivity contribution in [3.05, 3.63) is 23.2 Å². The van der Waals surface area contributed by atoms with Crippen molar-refractivity contribution in [1.29, 1.82) is 0 Å². The number of rotatable bonds is 6. The summed E-state index contributed by atoms with van der Waals surface area (Å²) < 4.78 is 5.44. The predicted molar refractivity (Wildman–Crippen MR) is 83.8 cm³/mol. The van der Waals surface area contributed by atoms with Crippen molar-refractivity contribution in [3.63, 3.8) is 0 Å². The van der Waals surface area contributed by atoms with Crippen molar-refractivity contribution >= 4 is 35.1 Å². The topological polar surface area (TPSA) is 95.9 Å². The first-order valence-corrected chi connectivity index (χ1v) is 7.56. The third-order valence-corrected chi connectivity index (χ3v) is 3.49. The summed E-state index contributed by atoms with van der Waals surface area (Å²) in [6.07, 6.45) is -0.874. The predicted octanol–water partition coefficient (Wildman–Crippen LogP) is 1.43. The zero-order chi connectivity index (χ0) is 17.0. The molecule has 2 rings (SSSR count). The van der Waals surface area contributed by atoms with Gasteiger partial charge in [-0.1, -0.05) is 18.5 Å². The molecule has 0 spiro atoms. The molecule has 0 saturated heterocycles. The fourth-order valence-corrected chi connectivity index (χ4v) is 2.38. The number of nitrogens with zero attached hydrogens (tertiary/aromatic N) is 1. The number of carboxylic acid groups (broad SMARTS) is 1. The van der Waals surface area contributed by atoms with E-state index in [1.165, 1.54) is 11.0 Å². The minimum atomic E-state index is -1.17. The highest BCUT2D eigenvalue weighted by atomic mass is 35.5. The van der Waals surface area contributed by atoms with Gasteiger partial charge in [0.15, 0.2) is 6.10 Å². The summed E-state index contributed by atoms with van der Waals surface area (Å²) >= 11 is 5.94. The number of carbonyl (C=O) groups excluding carboxylic acids is 2. The third kappa shape index (κ3) is 4.13. The number of halogens is 1. The van der Waals surface area contributed by atoms with Crippen LogP contribution in [-0.2, 0) is 14.4 Å². The minimum Gasteiger partial charge on any atom is -0.481 e. The Morgan fingerprint density at radius 1 is 1.43 bits per heavy atom. The molecule has 0 radical (unpaired) electrons. The van der Waals surface area contributed by atoms with Crippen LogP contribution in [0.15, 0.2) is 18.2 Å². The number of fused-ring (bicyclic) bond motifs is 1. The lowest BCUT2D eigenvalue weighted by molar-refractivity contribution is -0.142. The molecule has 0 aliphatic carbocycles. The summed E-state index contributed by atoms with van der Waals surface area (Å²) in [7, 11) is 0. The van der Waals surface area contributed by atoms with E-state index in [-0.39, 0.29) is 12.5 Å². The first-order chi connectivity index (χ1) is 10.9. The molecule has 1 aliphatic heterocycles. The highest BCUT2D eigenvalue weighted by Gasteiger charge is 2.36. The quantitative estimate of drug-likeness (QED) is 0.816. The highest BCUT2D eigenvalue weighted by molar-refractivity contribution is 6.31. The maximum atomic E-state index is 12.5. The number of anilines is 1. The van der Waals surface area contributed by atoms with E-state index in [0.29, 0.717) is 23.0 Å². The lowest BCUT2D eigenvalue weighted by Crippen LogP contribution is -2.50. The highest BCUT2D eigenvalue weighted by Crippen LogP contribution is 2.36. The van der Waals surface area contributed by atoms with E-state index >= 15 is 0 Å². The van der Waals surface area contributed by atoms with E-state index in [1.54, 1.807) is 12.1 Å². The Kier molecular flexibility index (Phi) is 5.44. The third-order valence-electron chi connectivity index (χ3n) is 3.26. The normalized spacial score (nSPS) is 16.5. The molecular formula is C15H17ClN2O5. The van der Waals surface area contributed by atoms with Gasteiger partial charge in [0.1, 0.15) is 12.3 Å². The Bertz CT molecular complexity index is 634. The summed E-state index contributed by atoms with van der Waals surface area (Å²) in [5, 5.41) is 12.0. The summed E-state index contributed by atoms with van der Waals surface area (Å²) in [5.74, 6) is -1.74. The zero-order valence-electron chi connectivity index (χ0n) is 12.5. The van der Waals surface area contributed by atoms with Crippen LogP contribution in [-0.4, -0.2) is 42.1 Å². The molecule has 8 heteroatoms. The summed E-state index contributed by atoms with van der Waals surface area (Å²) in [4.78, 5) is 36.5. The molecule has 1 aromatic carbocycles. The van der Waals surface area contributed by atoms with Gasteiger partial charge in [-0.05, 0) is 24.6 Å². The van der Waals surface area contributed by atoms with Crippen molar-refractivity contribution < 1.29 is 24.2 Å². The van der Waals surface area contributed by atoms with Gasteiger partial charge < -0.3 is 15.2 Å². The van der Waals surface area contributed by atoms with Gasteiger partial charge in [-0.2, -0.15) is 0 Å². The molecule has 1 aliphatic rings. The van der Waals surface area contributed by atoms with Crippen LogP contribution in [0.4, 0.5) is 5.69 Å². The Morgan fingerprint density at radius 3 is 2.83 bits per heavy atom. The van der Waals surface area contributed by atoms with E-state index < -0.39 is 24.4 Å². The van der Waals surface area contributed by atoms with Gasteiger partial charge in [0.25, 0.3) is 5.91 Å². The van der Waals surface area contributed by atoms with Crippen molar-refractivity contribution in [2.24, 2.45) is 0 Å². The minimum absolute atomic E-state index is 0.217. The second-order valence-corrected chi connectivity index (χ2v) is 5.53. The smallest absolute Gasteiger partial charge is 0.307 e. The van der Waals surface area contributed by atoms with Gasteiger partial charge in [-0.25, -0.2) is 0 Å². The Morgan fingerprint density at radius 2 is 2.17 bits per heavy atom. The van der Waals surface area contributed by atoms with Gasteiger partial charge >= 0.3 is 5.97 Å². The van der Waals surface area contributed by atoms with Crippen LogP contribution in [0.3, 0.4) is 0 Å². The van der Waals surface area contributed by atoms with Gasteiger partial charge in [0.2, 0.25) is 5.91 Å². The number of ether oxygens (including phenoxy) is 1. The Balaban J connectivity index is 2.29. The Labute approximate surface area is 138 Å². The summed E-state index contributed by atoms with van der Waals surface area (Å²) in [5.41, 5.74) is 0.357. The standard InChI is InChI=1S/C15H17ClN2O5/c1-2-5-17-13(19)8-18-10-6-9(16)3-4-11(10)23-12(15(18)22)7-14(20)21/h3-4,6,12H,2,5,7-8H2,1H3,(H,17,19)(H,20,21). The average Bonchev–Trinajstić information content (AvgIpc) is 2.49. The molecule has 2 amide bonds. The monoisotopic (exact) mass is 340 g/mol. The molecule has 0 fully saturated rings.